The Morgan fingerprint density at radius 1 is 0.476 bits per heavy atom. The number of hydrogen-bond acceptors (Lipinski definition) is 8. The molecule has 6 heterocycles. The molecule has 5 aromatic carbocycles. The lowest BCUT2D eigenvalue weighted by atomic mass is 9.33. The van der Waals surface area contributed by atoms with Crippen molar-refractivity contribution in [2.24, 2.45) is 0 Å². The summed E-state index contributed by atoms with van der Waals surface area (Å²) in [6.45, 7) is 32.1. The normalized spacial score (nSPS) is 15.5. The molecule has 0 radical (unpaired) electrons. The van der Waals surface area contributed by atoms with E-state index in [0.717, 1.165) is 56.6 Å². The summed E-state index contributed by atoms with van der Waals surface area (Å²) in [6.07, 6.45) is 0. The first-order valence-electron chi connectivity index (χ1n) is 22.5. The molecule has 0 saturated heterocycles. The maximum absolute atomic E-state index is 6.48. The van der Waals surface area contributed by atoms with Crippen molar-refractivity contribution in [3.05, 3.63) is 99.6 Å². The number of nitrogens with zero attached hydrogens (tertiary/aromatic N) is 2. The number of anilines is 6. The van der Waals surface area contributed by atoms with Gasteiger partial charge in [0, 0.05) is 31.9 Å². The largest absolute Gasteiger partial charge is 0.486 e. The minimum atomic E-state index is -0.156. The summed E-state index contributed by atoms with van der Waals surface area (Å²) in [6, 6.07) is 23.9. The fraction of sp³-hybridized carbons (Fsp3) is 0.370. The van der Waals surface area contributed by atoms with Gasteiger partial charge >= 0.3 is 0 Å². The molecule has 2 aromatic heterocycles. The van der Waals surface area contributed by atoms with Gasteiger partial charge in [0.2, 0.25) is 0 Å². The van der Waals surface area contributed by atoms with Gasteiger partial charge in [-0.05, 0) is 135 Å². The van der Waals surface area contributed by atoms with Crippen molar-refractivity contribution in [2.75, 3.05) is 36.2 Å². The van der Waals surface area contributed by atoms with Crippen molar-refractivity contribution in [1.82, 2.24) is 0 Å². The Morgan fingerprint density at radius 2 is 0.873 bits per heavy atom. The summed E-state index contributed by atoms with van der Waals surface area (Å²) >= 11 is 3.85. The maximum atomic E-state index is 6.48. The molecule has 7 aromatic rings. The zero-order valence-electron chi connectivity index (χ0n) is 39.0. The molecule has 0 amide bonds. The number of benzene rings is 5. The first-order valence-corrected chi connectivity index (χ1v) is 24.2. The van der Waals surface area contributed by atoms with E-state index < -0.39 is 0 Å². The van der Waals surface area contributed by atoms with E-state index in [0.29, 0.717) is 26.4 Å². The van der Waals surface area contributed by atoms with Crippen molar-refractivity contribution in [3.63, 3.8) is 0 Å². The highest BCUT2D eigenvalue weighted by Gasteiger charge is 2.49. The molecule has 0 atom stereocenters. The van der Waals surface area contributed by atoms with Crippen molar-refractivity contribution in [2.45, 2.75) is 106 Å². The number of aryl methyl sites for hydroxylation is 2. The lowest BCUT2D eigenvalue weighted by Crippen LogP contribution is -2.61. The summed E-state index contributed by atoms with van der Waals surface area (Å²) in [4.78, 5) is 5.23. The zero-order chi connectivity index (χ0) is 44.2. The first kappa shape index (κ1) is 40.6. The predicted octanol–water partition coefficient (Wildman–Crippen LogP) is 12.9. The molecule has 0 saturated carbocycles. The summed E-state index contributed by atoms with van der Waals surface area (Å²) < 4.78 is 28.1. The van der Waals surface area contributed by atoms with E-state index in [-0.39, 0.29) is 23.0 Å². The quantitative estimate of drug-likeness (QED) is 0.161. The third-order valence-corrected chi connectivity index (χ3v) is 16.1. The lowest BCUT2D eigenvalue weighted by Gasteiger charge is -2.44. The van der Waals surface area contributed by atoms with Gasteiger partial charge in [-0.2, -0.15) is 0 Å². The number of hydrogen-bond donors (Lipinski definition) is 0. The Balaban J connectivity index is 1.34. The van der Waals surface area contributed by atoms with Crippen LogP contribution in [0.1, 0.15) is 101 Å². The monoisotopic (exact) mass is 872 g/mol. The molecule has 4 aliphatic rings. The SMILES string of the molecule is Cc1cc2c(c(C)c1N1c3cc(C(C)(C)C)cc4c3B(c3c1sc1ccc(C(C)(C)C)cc31)c1c(sc3ccc(C(C)(C)C)cc13)N4c1c(C)cc3c(c1C)OCCO3)OCCO2. The minimum Gasteiger partial charge on any atom is -0.486 e. The minimum absolute atomic E-state index is 0.0243. The second kappa shape index (κ2) is 13.7. The molecule has 63 heavy (non-hydrogen) atoms. The molecule has 322 valence electrons. The van der Waals surface area contributed by atoms with E-state index in [1.54, 1.807) is 0 Å². The Labute approximate surface area is 380 Å². The smallest absolute Gasteiger partial charge is 0.256 e. The van der Waals surface area contributed by atoms with Gasteiger partial charge in [-0.1, -0.05) is 86.6 Å². The second-order valence-corrected chi connectivity index (χ2v) is 23.3. The molecule has 0 unspecified atom stereocenters. The Kier molecular flexibility index (Phi) is 8.84. The first-order chi connectivity index (χ1) is 29.8. The van der Waals surface area contributed by atoms with E-state index in [9.17, 15) is 0 Å². The standard InChI is InChI=1S/C54H57BN2O4S2/c1-28-22-39-48(60-20-18-58-39)30(3)46(28)56-37-26-34(54(11,12)13)27-38-45(37)55(43-35-24-32(52(5,6)7)14-16-41(35)62-50(43)56)44-36-25-33(53(8,9)10)15-17-42(36)63-51(44)57(38)47-29(2)23-40-49(31(47)4)61-21-19-59-40/h14-17,22-27H,18-21H2,1-13H3. The average Bonchev–Trinajstić information content (AvgIpc) is 3.79. The van der Waals surface area contributed by atoms with Crippen LogP contribution >= 0.6 is 22.7 Å². The zero-order valence-corrected chi connectivity index (χ0v) is 40.7. The number of thiophene rings is 2. The highest BCUT2D eigenvalue weighted by atomic mass is 32.1. The topological polar surface area (TPSA) is 43.4 Å². The van der Waals surface area contributed by atoms with E-state index in [1.165, 1.54) is 74.6 Å². The average molecular weight is 873 g/mol. The van der Waals surface area contributed by atoms with Crippen LogP contribution in [0.25, 0.3) is 20.2 Å². The molecule has 0 bridgehead atoms. The molecule has 6 nitrogen and oxygen atoms in total. The van der Waals surface area contributed by atoms with Crippen LogP contribution < -0.4 is 45.1 Å². The van der Waals surface area contributed by atoms with Gasteiger partial charge in [0.15, 0.2) is 23.0 Å². The van der Waals surface area contributed by atoms with E-state index in [1.807, 2.05) is 22.7 Å². The number of rotatable bonds is 2. The summed E-state index contributed by atoms with van der Waals surface area (Å²) in [7, 11) is 0. The summed E-state index contributed by atoms with van der Waals surface area (Å²) in [5.74, 6) is 3.33. The number of fused-ring (bicyclic) bond motifs is 10. The van der Waals surface area contributed by atoms with Crippen LogP contribution in [-0.2, 0) is 16.2 Å². The van der Waals surface area contributed by atoms with Crippen molar-refractivity contribution in [3.8, 4) is 23.0 Å². The molecule has 0 fully saturated rings. The Bertz CT molecular complexity index is 2910. The van der Waals surface area contributed by atoms with Gasteiger partial charge in [0.25, 0.3) is 6.71 Å². The van der Waals surface area contributed by atoms with Crippen molar-refractivity contribution < 1.29 is 18.9 Å². The van der Waals surface area contributed by atoms with Crippen LogP contribution in [0, 0.1) is 27.7 Å². The highest BCUT2D eigenvalue weighted by molar-refractivity contribution is 7.29. The van der Waals surface area contributed by atoms with Gasteiger partial charge in [-0.3, -0.25) is 0 Å². The molecule has 4 aliphatic heterocycles. The van der Waals surface area contributed by atoms with Crippen LogP contribution in [0.5, 0.6) is 23.0 Å². The molecule has 9 heteroatoms. The molecule has 0 N–H and O–H groups in total. The van der Waals surface area contributed by atoms with Crippen LogP contribution in [-0.4, -0.2) is 33.1 Å². The van der Waals surface area contributed by atoms with Gasteiger partial charge in [-0.25, -0.2) is 0 Å². The van der Waals surface area contributed by atoms with Gasteiger partial charge in [0.1, 0.15) is 26.4 Å². The predicted molar refractivity (Wildman–Crippen MR) is 268 cm³/mol. The molecular weight excluding hydrogens is 816 g/mol. The van der Waals surface area contributed by atoms with E-state index >= 15 is 0 Å². The van der Waals surface area contributed by atoms with Gasteiger partial charge < -0.3 is 28.7 Å². The van der Waals surface area contributed by atoms with Crippen molar-refractivity contribution in [1.29, 1.82) is 0 Å². The van der Waals surface area contributed by atoms with Crippen LogP contribution in [0.4, 0.5) is 32.8 Å². The second-order valence-electron chi connectivity index (χ2n) is 21.2. The lowest BCUT2D eigenvalue weighted by molar-refractivity contribution is 0.170. The fourth-order valence-corrected chi connectivity index (χ4v) is 13.0. The Hall–Kier alpha value is -5.12. The highest BCUT2D eigenvalue weighted by Crippen LogP contribution is 2.56. The maximum Gasteiger partial charge on any atom is 0.256 e. The third kappa shape index (κ3) is 6.01. The van der Waals surface area contributed by atoms with Crippen LogP contribution in [0.15, 0.2) is 60.7 Å². The molecule has 0 aliphatic carbocycles. The fourth-order valence-electron chi connectivity index (χ4n) is 10.5. The molecule has 11 rings (SSSR count). The van der Waals surface area contributed by atoms with E-state index in [2.05, 4.69) is 160 Å². The van der Waals surface area contributed by atoms with Gasteiger partial charge in [-0.15, -0.1) is 22.7 Å². The van der Waals surface area contributed by atoms with Gasteiger partial charge in [0.05, 0.1) is 21.4 Å². The van der Waals surface area contributed by atoms with Crippen molar-refractivity contribution >= 4 is 98.7 Å². The summed E-state index contributed by atoms with van der Waals surface area (Å²) in [5, 5.41) is 5.20. The Morgan fingerprint density at radius 3 is 1.27 bits per heavy atom. The van der Waals surface area contributed by atoms with Crippen LogP contribution in [0.3, 0.4) is 0 Å². The van der Waals surface area contributed by atoms with E-state index in [4.69, 9.17) is 18.9 Å². The van der Waals surface area contributed by atoms with Crippen LogP contribution in [0.2, 0.25) is 0 Å². The molecule has 0 spiro atoms. The summed E-state index contributed by atoms with van der Waals surface area (Å²) in [5.41, 5.74) is 17.1. The third-order valence-electron chi connectivity index (χ3n) is 13.8. The molecular formula is C54H57BN2O4S2. The number of ether oxygens (including phenoxy) is 4.